The number of morpholine rings is 1. The number of rotatable bonds is 4. The molecule has 1 aromatic heterocycles. The maximum absolute atomic E-state index is 12.1. The lowest BCUT2D eigenvalue weighted by atomic mass is 10.1. The van der Waals surface area contributed by atoms with Gasteiger partial charge < -0.3 is 10.1 Å². The summed E-state index contributed by atoms with van der Waals surface area (Å²) in [4.78, 5) is 18.5. The number of carbonyl (C=O) groups is 1. The molecule has 1 aliphatic heterocycles. The normalized spacial score (nSPS) is 18.0. The third-order valence-corrected chi connectivity index (χ3v) is 3.25. The van der Waals surface area contributed by atoms with E-state index in [0.29, 0.717) is 5.82 Å². The minimum atomic E-state index is -0.0544. The smallest absolute Gasteiger partial charge is 0.229 e. The zero-order valence-corrected chi connectivity index (χ0v) is 11.6. The molecule has 1 atom stereocenters. The molecule has 0 spiro atoms. The van der Waals surface area contributed by atoms with Crippen molar-refractivity contribution in [1.82, 2.24) is 9.88 Å². The molecule has 2 heterocycles. The summed E-state index contributed by atoms with van der Waals surface area (Å²) in [5.74, 6) is 0.577. The molecule has 2 rings (SSSR count). The first-order valence-electron chi connectivity index (χ1n) is 6.69. The van der Waals surface area contributed by atoms with Crippen molar-refractivity contribution in [3.8, 4) is 0 Å². The Labute approximate surface area is 114 Å². The minimum Gasteiger partial charge on any atom is -0.379 e. The molecule has 5 nitrogen and oxygen atoms in total. The molecule has 19 heavy (non-hydrogen) atoms. The summed E-state index contributed by atoms with van der Waals surface area (Å²) in [5.41, 5.74) is 1.08. The molecule has 1 saturated heterocycles. The highest BCUT2D eigenvalue weighted by Gasteiger charge is 2.19. The molecular weight excluding hydrogens is 242 g/mol. The van der Waals surface area contributed by atoms with Gasteiger partial charge in [0.15, 0.2) is 0 Å². The molecule has 1 N–H and O–H groups in total. The summed E-state index contributed by atoms with van der Waals surface area (Å²) in [6, 6.07) is 3.77. The summed E-state index contributed by atoms with van der Waals surface area (Å²) < 4.78 is 5.30. The average Bonchev–Trinajstić information content (AvgIpc) is 2.42. The zero-order valence-electron chi connectivity index (χ0n) is 11.6. The van der Waals surface area contributed by atoms with E-state index in [4.69, 9.17) is 4.74 Å². The highest BCUT2D eigenvalue weighted by atomic mass is 16.5. The fourth-order valence-corrected chi connectivity index (χ4v) is 2.05. The molecule has 0 bridgehead atoms. The van der Waals surface area contributed by atoms with Crippen LogP contribution in [0, 0.1) is 12.8 Å². The number of pyridine rings is 1. The Morgan fingerprint density at radius 1 is 1.47 bits per heavy atom. The van der Waals surface area contributed by atoms with Crippen LogP contribution < -0.4 is 5.32 Å². The summed E-state index contributed by atoms with van der Waals surface area (Å²) in [6.07, 6.45) is 1.75. The van der Waals surface area contributed by atoms with Crippen LogP contribution in [0.25, 0.3) is 0 Å². The lowest BCUT2D eigenvalue weighted by molar-refractivity contribution is -0.120. The van der Waals surface area contributed by atoms with Crippen LogP contribution in [0.5, 0.6) is 0 Å². The Bertz CT molecular complexity index is 413. The topological polar surface area (TPSA) is 54.5 Å². The van der Waals surface area contributed by atoms with Gasteiger partial charge in [-0.25, -0.2) is 4.98 Å². The number of nitrogens with one attached hydrogen (secondary N) is 1. The number of hydrogen-bond acceptors (Lipinski definition) is 4. The summed E-state index contributed by atoms with van der Waals surface area (Å²) in [7, 11) is 0. The molecule has 0 saturated carbocycles. The molecule has 1 aliphatic rings. The van der Waals surface area contributed by atoms with Gasteiger partial charge in [-0.2, -0.15) is 0 Å². The summed E-state index contributed by atoms with van der Waals surface area (Å²) >= 11 is 0. The van der Waals surface area contributed by atoms with Gasteiger partial charge in [-0.1, -0.05) is 13.0 Å². The predicted molar refractivity (Wildman–Crippen MR) is 74.0 cm³/mol. The van der Waals surface area contributed by atoms with E-state index in [-0.39, 0.29) is 11.8 Å². The lowest BCUT2D eigenvalue weighted by Crippen LogP contribution is -2.41. The Balaban J connectivity index is 1.83. The maximum Gasteiger partial charge on any atom is 0.229 e. The highest BCUT2D eigenvalue weighted by Crippen LogP contribution is 2.08. The molecule has 104 valence electrons. The predicted octanol–water partition coefficient (Wildman–Crippen LogP) is 1.30. The molecule has 1 fully saturated rings. The molecule has 5 heteroatoms. The van der Waals surface area contributed by atoms with Gasteiger partial charge in [0.05, 0.1) is 13.2 Å². The Hall–Kier alpha value is -1.46. The van der Waals surface area contributed by atoms with Gasteiger partial charge in [0, 0.05) is 31.7 Å². The quantitative estimate of drug-likeness (QED) is 0.889. The largest absolute Gasteiger partial charge is 0.379 e. The van der Waals surface area contributed by atoms with Gasteiger partial charge >= 0.3 is 0 Å². The van der Waals surface area contributed by atoms with Gasteiger partial charge in [0.1, 0.15) is 5.82 Å². The number of nitrogens with zero attached hydrogens (tertiary/aromatic N) is 2. The number of amides is 1. The van der Waals surface area contributed by atoms with E-state index in [1.807, 2.05) is 26.0 Å². The van der Waals surface area contributed by atoms with Crippen LogP contribution in [0.15, 0.2) is 18.3 Å². The Kier molecular flexibility index (Phi) is 4.87. The highest BCUT2D eigenvalue weighted by molar-refractivity contribution is 5.91. The van der Waals surface area contributed by atoms with Gasteiger partial charge in [0.25, 0.3) is 0 Å². The summed E-state index contributed by atoms with van der Waals surface area (Å²) in [6.45, 7) is 8.00. The number of carbonyl (C=O) groups excluding carboxylic acids is 1. The molecule has 0 aromatic carbocycles. The number of ether oxygens (including phenoxy) is 1. The molecular formula is C14H21N3O2. The average molecular weight is 263 g/mol. The summed E-state index contributed by atoms with van der Waals surface area (Å²) in [5, 5.41) is 2.85. The third-order valence-electron chi connectivity index (χ3n) is 3.25. The zero-order chi connectivity index (χ0) is 13.7. The second kappa shape index (κ2) is 6.63. The molecule has 0 aliphatic carbocycles. The first kappa shape index (κ1) is 14.0. The maximum atomic E-state index is 12.1. The van der Waals surface area contributed by atoms with Crippen molar-refractivity contribution >= 4 is 11.7 Å². The van der Waals surface area contributed by atoms with Gasteiger partial charge in [-0.15, -0.1) is 0 Å². The van der Waals surface area contributed by atoms with Crippen LogP contribution in [0.4, 0.5) is 5.82 Å². The van der Waals surface area contributed by atoms with Crippen molar-refractivity contribution in [3.63, 3.8) is 0 Å². The SMILES string of the molecule is Cc1ccc(NC(=O)C(C)CN2CCOCC2)nc1. The van der Waals surface area contributed by atoms with E-state index in [2.05, 4.69) is 15.2 Å². The van der Waals surface area contributed by atoms with E-state index in [1.54, 1.807) is 6.20 Å². The van der Waals surface area contributed by atoms with E-state index >= 15 is 0 Å². The number of anilines is 1. The van der Waals surface area contributed by atoms with E-state index in [1.165, 1.54) is 0 Å². The van der Waals surface area contributed by atoms with E-state index in [9.17, 15) is 4.79 Å². The van der Waals surface area contributed by atoms with Crippen molar-refractivity contribution in [2.75, 3.05) is 38.2 Å². The fourth-order valence-electron chi connectivity index (χ4n) is 2.05. The number of hydrogen-bond donors (Lipinski definition) is 1. The third kappa shape index (κ3) is 4.29. The van der Waals surface area contributed by atoms with Crippen molar-refractivity contribution in [3.05, 3.63) is 23.9 Å². The van der Waals surface area contributed by atoms with Crippen LogP contribution >= 0.6 is 0 Å². The van der Waals surface area contributed by atoms with Crippen LogP contribution in [0.1, 0.15) is 12.5 Å². The fraction of sp³-hybridized carbons (Fsp3) is 0.571. The molecule has 1 amide bonds. The molecule has 1 aromatic rings. The lowest BCUT2D eigenvalue weighted by Gasteiger charge is -2.28. The van der Waals surface area contributed by atoms with E-state index < -0.39 is 0 Å². The molecule has 0 radical (unpaired) electrons. The second-order valence-electron chi connectivity index (χ2n) is 5.02. The van der Waals surface area contributed by atoms with Crippen molar-refractivity contribution in [2.24, 2.45) is 5.92 Å². The second-order valence-corrected chi connectivity index (χ2v) is 5.02. The van der Waals surface area contributed by atoms with Gasteiger partial charge in [0.2, 0.25) is 5.91 Å². The Morgan fingerprint density at radius 3 is 2.84 bits per heavy atom. The van der Waals surface area contributed by atoms with E-state index in [0.717, 1.165) is 38.4 Å². The van der Waals surface area contributed by atoms with Crippen molar-refractivity contribution < 1.29 is 9.53 Å². The number of aryl methyl sites for hydroxylation is 1. The van der Waals surface area contributed by atoms with Crippen LogP contribution in [0.2, 0.25) is 0 Å². The van der Waals surface area contributed by atoms with Gasteiger partial charge in [-0.3, -0.25) is 9.69 Å². The van der Waals surface area contributed by atoms with Crippen LogP contribution in [-0.4, -0.2) is 48.6 Å². The monoisotopic (exact) mass is 263 g/mol. The van der Waals surface area contributed by atoms with Crippen molar-refractivity contribution in [2.45, 2.75) is 13.8 Å². The van der Waals surface area contributed by atoms with Gasteiger partial charge in [-0.05, 0) is 18.6 Å². The van der Waals surface area contributed by atoms with Crippen LogP contribution in [-0.2, 0) is 9.53 Å². The first-order chi connectivity index (χ1) is 9.15. The Morgan fingerprint density at radius 2 is 2.21 bits per heavy atom. The van der Waals surface area contributed by atoms with Crippen LogP contribution in [0.3, 0.4) is 0 Å². The first-order valence-corrected chi connectivity index (χ1v) is 6.69. The van der Waals surface area contributed by atoms with Crippen molar-refractivity contribution in [1.29, 1.82) is 0 Å². The minimum absolute atomic E-state index is 0.0165. The number of aromatic nitrogens is 1. The molecule has 1 unspecified atom stereocenters. The standard InChI is InChI=1S/C14H21N3O2/c1-11-3-4-13(15-9-11)16-14(18)12(2)10-17-5-7-19-8-6-17/h3-4,9,12H,5-8,10H2,1-2H3,(H,15,16,18).